The molecule has 0 unspecified atom stereocenters. The Morgan fingerprint density at radius 2 is 1.93 bits per heavy atom. The molecule has 27 heavy (non-hydrogen) atoms. The lowest BCUT2D eigenvalue weighted by molar-refractivity contribution is -0.114. The molecule has 3 rings (SSSR count). The number of aromatic nitrogens is 1. The standard InChI is InChI=1S/C22H22N2O3/c1-2-16(17-11-12-19(25)20(26)14-17)15-22(27)24(18-8-4-3-5-9-18)21-10-6-7-13-23-21/h1,6-7,10-15,18,25-26H,3-5,8-9H2/b16-15+. The van der Waals surface area contributed by atoms with Crippen molar-refractivity contribution in [3.63, 3.8) is 0 Å². The van der Waals surface area contributed by atoms with Crippen LogP contribution in [0.5, 0.6) is 11.5 Å². The molecule has 0 spiro atoms. The van der Waals surface area contributed by atoms with E-state index in [2.05, 4.69) is 10.9 Å². The number of carbonyl (C=O) groups is 1. The number of allylic oxidation sites excluding steroid dienone is 1. The van der Waals surface area contributed by atoms with Crippen molar-refractivity contribution in [2.24, 2.45) is 0 Å². The average molecular weight is 362 g/mol. The normalized spacial score (nSPS) is 15.1. The topological polar surface area (TPSA) is 73.7 Å². The highest BCUT2D eigenvalue weighted by atomic mass is 16.3. The summed E-state index contributed by atoms with van der Waals surface area (Å²) < 4.78 is 0. The number of phenols is 2. The van der Waals surface area contributed by atoms with Gasteiger partial charge in [-0.05, 0) is 48.7 Å². The minimum atomic E-state index is -0.282. The average Bonchev–Trinajstić information content (AvgIpc) is 2.70. The first kappa shape index (κ1) is 18.5. The summed E-state index contributed by atoms with van der Waals surface area (Å²) in [6.07, 6.45) is 13.9. The smallest absolute Gasteiger partial charge is 0.253 e. The quantitative estimate of drug-likeness (QED) is 0.492. The zero-order valence-corrected chi connectivity index (χ0v) is 15.0. The molecule has 1 aromatic carbocycles. The first-order valence-corrected chi connectivity index (χ1v) is 9.05. The van der Waals surface area contributed by atoms with Crippen LogP contribution in [-0.2, 0) is 4.79 Å². The number of benzene rings is 1. The fourth-order valence-electron chi connectivity index (χ4n) is 3.41. The molecule has 1 aromatic heterocycles. The van der Waals surface area contributed by atoms with Crippen molar-refractivity contribution in [2.45, 2.75) is 38.1 Å². The number of nitrogens with zero attached hydrogens (tertiary/aromatic N) is 2. The van der Waals surface area contributed by atoms with Gasteiger partial charge in [0.2, 0.25) is 0 Å². The Hall–Kier alpha value is -3.26. The monoisotopic (exact) mass is 362 g/mol. The second-order valence-electron chi connectivity index (χ2n) is 6.59. The molecule has 1 aliphatic rings. The van der Waals surface area contributed by atoms with Crippen molar-refractivity contribution in [1.29, 1.82) is 0 Å². The van der Waals surface area contributed by atoms with Gasteiger partial charge in [0.1, 0.15) is 5.82 Å². The molecule has 5 heteroatoms. The first-order chi connectivity index (χ1) is 13.1. The van der Waals surface area contributed by atoms with E-state index in [0.717, 1.165) is 25.7 Å². The summed E-state index contributed by atoms with van der Waals surface area (Å²) in [7, 11) is 0. The van der Waals surface area contributed by atoms with E-state index < -0.39 is 0 Å². The maximum absolute atomic E-state index is 13.1. The molecule has 0 radical (unpaired) electrons. The van der Waals surface area contributed by atoms with Crippen LogP contribution < -0.4 is 4.90 Å². The van der Waals surface area contributed by atoms with E-state index in [0.29, 0.717) is 17.0 Å². The maximum atomic E-state index is 13.1. The van der Waals surface area contributed by atoms with Crippen molar-refractivity contribution in [1.82, 2.24) is 4.98 Å². The molecule has 1 heterocycles. The molecule has 0 aliphatic heterocycles. The van der Waals surface area contributed by atoms with E-state index in [1.807, 2.05) is 18.2 Å². The molecule has 2 N–H and O–H groups in total. The lowest BCUT2D eigenvalue weighted by atomic mass is 9.93. The van der Waals surface area contributed by atoms with Gasteiger partial charge in [-0.3, -0.25) is 9.69 Å². The minimum Gasteiger partial charge on any atom is -0.504 e. The lowest BCUT2D eigenvalue weighted by Gasteiger charge is -2.33. The number of hydrogen-bond acceptors (Lipinski definition) is 4. The summed E-state index contributed by atoms with van der Waals surface area (Å²) >= 11 is 0. The van der Waals surface area contributed by atoms with Crippen LogP contribution in [-0.4, -0.2) is 27.1 Å². The molecule has 138 valence electrons. The first-order valence-electron chi connectivity index (χ1n) is 9.05. The molecule has 1 fully saturated rings. The van der Waals surface area contributed by atoms with Gasteiger partial charge in [-0.25, -0.2) is 4.98 Å². The molecule has 1 aliphatic carbocycles. The third-order valence-electron chi connectivity index (χ3n) is 4.78. The molecule has 0 saturated heterocycles. The van der Waals surface area contributed by atoms with Crippen molar-refractivity contribution in [2.75, 3.05) is 4.90 Å². The number of terminal acetylenes is 1. The third kappa shape index (κ3) is 4.29. The summed E-state index contributed by atoms with van der Waals surface area (Å²) in [6, 6.07) is 9.84. The molecule has 0 bridgehead atoms. The van der Waals surface area contributed by atoms with Crippen LogP contribution in [0.2, 0.25) is 0 Å². The number of pyridine rings is 1. The van der Waals surface area contributed by atoms with Crippen LogP contribution in [0, 0.1) is 12.3 Å². The van der Waals surface area contributed by atoms with E-state index >= 15 is 0 Å². The Bertz CT molecular complexity index is 878. The van der Waals surface area contributed by atoms with Gasteiger partial charge in [-0.15, -0.1) is 6.42 Å². The van der Waals surface area contributed by atoms with Crippen molar-refractivity contribution in [3.8, 4) is 23.8 Å². The maximum Gasteiger partial charge on any atom is 0.253 e. The summed E-state index contributed by atoms with van der Waals surface area (Å²) in [5.41, 5.74) is 0.831. The molecule has 1 saturated carbocycles. The Balaban J connectivity index is 1.95. The molecular formula is C22H22N2O3. The highest BCUT2D eigenvalue weighted by molar-refractivity contribution is 6.07. The minimum absolute atomic E-state index is 0.0876. The van der Waals surface area contributed by atoms with E-state index in [-0.39, 0.29) is 23.4 Å². The van der Waals surface area contributed by atoms with Gasteiger partial charge in [-0.1, -0.05) is 31.2 Å². The molecule has 5 nitrogen and oxygen atoms in total. The van der Waals surface area contributed by atoms with Crippen molar-refractivity contribution in [3.05, 3.63) is 54.2 Å². The van der Waals surface area contributed by atoms with Crippen LogP contribution in [0.15, 0.2) is 48.7 Å². The molecule has 1 amide bonds. The summed E-state index contributed by atoms with van der Waals surface area (Å²) in [5.74, 6) is 2.36. The van der Waals surface area contributed by atoms with Gasteiger partial charge in [0, 0.05) is 23.9 Å². The zero-order chi connectivity index (χ0) is 19.2. The zero-order valence-electron chi connectivity index (χ0n) is 15.0. The van der Waals surface area contributed by atoms with Gasteiger partial charge >= 0.3 is 0 Å². The number of phenolic OH excluding ortho intramolecular Hbond substituents is 2. The largest absolute Gasteiger partial charge is 0.504 e. The second-order valence-corrected chi connectivity index (χ2v) is 6.59. The van der Waals surface area contributed by atoms with E-state index in [1.54, 1.807) is 17.2 Å². The SMILES string of the molecule is C#C/C(=C\C(=O)N(c1ccccn1)C1CCCCC1)c1ccc(O)c(O)c1. The van der Waals surface area contributed by atoms with Crippen LogP contribution in [0.4, 0.5) is 5.82 Å². The summed E-state index contributed by atoms with van der Waals surface area (Å²) in [6.45, 7) is 0. The van der Waals surface area contributed by atoms with Crippen LogP contribution in [0.3, 0.4) is 0 Å². The predicted molar refractivity (Wildman–Crippen MR) is 105 cm³/mol. The van der Waals surface area contributed by atoms with Crippen LogP contribution in [0.25, 0.3) is 5.57 Å². The Morgan fingerprint density at radius 1 is 1.15 bits per heavy atom. The fraction of sp³-hybridized carbons (Fsp3) is 0.273. The van der Waals surface area contributed by atoms with Gasteiger partial charge in [0.15, 0.2) is 11.5 Å². The van der Waals surface area contributed by atoms with E-state index in [4.69, 9.17) is 6.42 Å². The highest BCUT2D eigenvalue weighted by Gasteiger charge is 2.27. The summed E-state index contributed by atoms with van der Waals surface area (Å²) in [5, 5.41) is 19.2. The predicted octanol–water partition coefficient (Wildman–Crippen LogP) is 3.88. The third-order valence-corrected chi connectivity index (χ3v) is 4.78. The Morgan fingerprint density at radius 3 is 2.56 bits per heavy atom. The second kappa shape index (κ2) is 8.41. The Kier molecular flexibility index (Phi) is 5.77. The number of rotatable bonds is 4. The van der Waals surface area contributed by atoms with Crippen molar-refractivity contribution >= 4 is 17.3 Å². The van der Waals surface area contributed by atoms with Gasteiger partial charge in [0.25, 0.3) is 5.91 Å². The number of amides is 1. The van der Waals surface area contributed by atoms with E-state index in [1.165, 1.54) is 24.6 Å². The number of carbonyl (C=O) groups excluding carboxylic acids is 1. The molecule has 0 atom stereocenters. The highest BCUT2D eigenvalue weighted by Crippen LogP contribution is 2.30. The van der Waals surface area contributed by atoms with Gasteiger partial charge in [-0.2, -0.15) is 0 Å². The fourth-order valence-corrected chi connectivity index (χ4v) is 3.41. The Labute approximate surface area is 159 Å². The van der Waals surface area contributed by atoms with Crippen molar-refractivity contribution < 1.29 is 15.0 Å². The molecular weight excluding hydrogens is 340 g/mol. The summed E-state index contributed by atoms with van der Waals surface area (Å²) in [4.78, 5) is 19.2. The van der Waals surface area contributed by atoms with Gasteiger partial charge < -0.3 is 10.2 Å². The number of anilines is 1. The number of aromatic hydroxyl groups is 2. The van der Waals surface area contributed by atoms with E-state index in [9.17, 15) is 15.0 Å². The number of hydrogen-bond donors (Lipinski definition) is 2. The van der Waals surface area contributed by atoms with Crippen LogP contribution >= 0.6 is 0 Å². The molecule has 2 aromatic rings. The van der Waals surface area contributed by atoms with Gasteiger partial charge in [0.05, 0.1) is 0 Å². The lowest BCUT2D eigenvalue weighted by Crippen LogP contribution is -2.41. The van der Waals surface area contributed by atoms with Crippen LogP contribution in [0.1, 0.15) is 37.7 Å².